The standard InChI is InChI=1S/C13H25NO2/c1-2-3-10-14(11-9-13(15)16)12-7-5-4-6-8-12/h12H,2-11H2,1H3,(H,15,16). The molecule has 1 N–H and O–H groups in total. The van der Waals surface area contributed by atoms with Gasteiger partial charge in [0.05, 0.1) is 6.42 Å². The number of carboxylic acid groups (broad SMARTS) is 1. The normalized spacial score (nSPS) is 17.9. The highest BCUT2D eigenvalue weighted by Crippen LogP contribution is 2.23. The second kappa shape index (κ2) is 7.66. The van der Waals surface area contributed by atoms with E-state index in [1.807, 2.05) is 0 Å². The van der Waals surface area contributed by atoms with Gasteiger partial charge >= 0.3 is 5.97 Å². The second-order valence-electron chi connectivity index (χ2n) is 4.83. The molecule has 94 valence electrons. The van der Waals surface area contributed by atoms with Gasteiger partial charge in [0.25, 0.3) is 0 Å². The van der Waals surface area contributed by atoms with Crippen LogP contribution in [0.3, 0.4) is 0 Å². The molecule has 0 heterocycles. The van der Waals surface area contributed by atoms with Crippen LogP contribution in [0, 0.1) is 0 Å². The van der Waals surface area contributed by atoms with E-state index < -0.39 is 5.97 Å². The highest BCUT2D eigenvalue weighted by atomic mass is 16.4. The SMILES string of the molecule is CCCCN(CCC(=O)O)C1CCCCC1. The first-order valence-corrected chi connectivity index (χ1v) is 6.70. The molecule has 0 aromatic carbocycles. The minimum absolute atomic E-state index is 0.292. The third-order valence-corrected chi connectivity index (χ3v) is 3.50. The Hall–Kier alpha value is -0.570. The largest absolute Gasteiger partial charge is 0.481 e. The van der Waals surface area contributed by atoms with Crippen LogP contribution in [0.15, 0.2) is 0 Å². The smallest absolute Gasteiger partial charge is 0.304 e. The number of aliphatic carboxylic acids is 1. The van der Waals surface area contributed by atoms with Crippen molar-refractivity contribution >= 4 is 5.97 Å². The van der Waals surface area contributed by atoms with Crippen molar-refractivity contribution < 1.29 is 9.90 Å². The lowest BCUT2D eigenvalue weighted by Gasteiger charge is -2.34. The summed E-state index contributed by atoms with van der Waals surface area (Å²) in [4.78, 5) is 13.0. The average molecular weight is 227 g/mol. The lowest BCUT2D eigenvalue weighted by Crippen LogP contribution is -2.38. The Morgan fingerprint density at radius 3 is 2.50 bits per heavy atom. The quantitative estimate of drug-likeness (QED) is 0.727. The first-order chi connectivity index (χ1) is 7.74. The Labute approximate surface area is 98.8 Å². The third-order valence-electron chi connectivity index (χ3n) is 3.50. The topological polar surface area (TPSA) is 40.5 Å². The number of nitrogens with zero attached hydrogens (tertiary/aromatic N) is 1. The molecule has 1 aliphatic rings. The van der Waals surface area contributed by atoms with Crippen LogP contribution in [0.25, 0.3) is 0 Å². The summed E-state index contributed by atoms with van der Waals surface area (Å²) in [6.45, 7) is 4.00. The van der Waals surface area contributed by atoms with Crippen molar-refractivity contribution in [3.05, 3.63) is 0 Å². The summed E-state index contributed by atoms with van der Waals surface area (Å²) >= 11 is 0. The van der Waals surface area contributed by atoms with Gasteiger partial charge in [-0.25, -0.2) is 0 Å². The summed E-state index contributed by atoms with van der Waals surface area (Å²) in [7, 11) is 0. The Balaban J connectivity index is 2.37. The molecule has 1 aliphatic carbocycles. The van der Waals surface area contributed by atoms with Gasteiger partial charge in [-0.15, -0.1) is 0 Å². The van der Waals surface area contributed by atoms with Crippen LogP contribution >= 0.6 is 0 Å². The Kier molecular flexibility index (Phi) is 6.46. The second-order valence-corrected chi connectivity index (χ2v) is 4.83. The first-order valence-electron chi connectivity index (χ1n) is 6.70. The Bertz CT molecular complexity index is 200. The molecule has 0 aromatic rings. The number of carboxylic acids is 1. The van der Waals surface area contributed by atoms with Crippen molar-refractivity contribution in [3.63, 3.8) is 0 Å². The van der Waals surface area contributed by atoms with E-state index in [2.05, 4.69) is 11.8 Å². The van der Waals surface area contributed by atoms with Gasteiger partial charge in [0, 0.05) is 12.6 Å². The molecular weight excluding hydrogens is 202 g/mol. The minimum Gasteiger partial charge on any atom is -0.481 e. The van der Waals surface area contributed by atoms with Crippen LogP contribution in [0.5, 0.6) is 0 Å². The van der Waals surface area contributed by atoms with E-state index in [9.17, 15) is 4.79 Å². The zero-order chi connectivity index (χ0) is 11.8. The highest BCUT2D eigenvalue weighted by molar-refractivity contribution is 5.66. The molecule has 0 aromatic heterocycles. The van der Waals surface area contributed by atoms with Gasteiger partial charge < -0.3 is 5.11 Å². The molecule has 1 fully saturated rings. The van der Waals surface area contributed by atoms with Gasteiger partial charge in [0.15, 0.2) is 0 Å². The van der Waals surface area contributed by atoms with Gasteiger partial charge in [-0.3, -0.25) is 9.69 Å². The van der Waals surface area contributed by atoms with Gasteiger partial charge in [0.1, 0.15) is 0 Å². The van der Waals surface area contributed by atoms with E-state index in [-0.39, 0.29) is 0 Å². The van der Waals surface area contributed by atoms with Crippen molar-refractivity contribution in [1.82, 2.24) is 4.90 Å². The van der Waals surface area contributed by atoms with E-state index in [1.165, 1.54) is 44.9 Å². The lowest BCUT2D eigenvalue weighted by atomic mass is 9.94. The summed E-state index contributed by atoms with van der Waals surface area (Å²) in [6.07, 6.45) is 9.21. The number of hydrogen-bond donors (Lipinski definition) is 1. The number of carbonyl (C=O) groups is 1. The van der Waals surface area contributed by atoms with E-state index in [1.54, 1.807) is 0 Å². The maximum Gasteiger partial charge on any atom is 0.304 e. The van der Waals surface area contributed by atoms with E-state index >= 15 is 0 Å². The molecule has 1 rings (SSSR count). The highest BCUT2D eigenvalue weighted by Gasteiger charge is 2.20. The molecule has 0 atom stereocenters. The zero-order valence-corrected chi connectivity index (χ0v) is 10.5. The van der Waals surface area contributed by atoms with Crippen LogP contribution in [0.1, 0.15) is 58.3 Å². The Morgan fingerprint density at radius 1 is 1.25 bits per heavy atom. The fourth-order valence-electron chi connectivity index (χ4n) is 2.52. The van der Waals surface area contributed by atoms with Crippen LogP contribution in [-0.4, -0.2) is 35.1 Å². The van der Waals surface area contributed by atoms with E-state index in [0.717, 1.165) is 13.1 Å². The van der Waals surface area contributed by atoms with Crippen LogP contribution in [0.4, 0.5) is 0 Å². The average Bonchev–Trinajstić information content (AvgIpc) is 2.30. The Morgan fingerprint density at radius 2 is 1.94 bits per heavy atom. The van der Waals surface area contributed by atoms with Crippen molar-refractivity contribution in [3.8, 4) is 0 Å². The molecule has 16 heavy (non-hydrogen) atoms. The molecule has 0 radical (unpaired) electrons. The van der Waals surface area contributed by atoms with Crippen LogP contribution in [-0.2, 0) is 4.79 Å². The lowest BCUT2D eigenvalue weighted by molar-refractivity contribution is -0.137. The summed E-state index contributed by atoms with van der Waals surface area (Å²) < 4.78 is 0. The number of rotatable bonds is 7. The van der Waals surface area contributed by atoms with Crippen molar-refractivity contribution in [2.75, 3.05) is 13.1 Å². The number of hydrogen-bond acceptors (Lipinski definition) is 2. The summed E-state index contributed by atoms with van der Waals surface area (Å²) in [5.74, 6) is -0.669. The number of unbranched alkanes of at least 4 members (excludes halogenated alkanes) is 1. The summed E-state index contributed by atoms with van der Waals surface area (Å²) in [5.41, 5.74) is 0. The molecule has 0 amide bonds. The zero-order valence-electron chi connectivity index (χ0n) is 10.5. The van der Waals surface area contributed by atoms with E-state index in [4.69, 9.17) is 5.11 Å². The molecule has 0 unspecified atom stereocenters. The molecule has 1 saturated carbocycles. The van der Waals surface area contributed by atoms with Crippen LogP contribution < -0.4 is 0 Å². The maximum atomic E-state index is 10.6. The van der Waals surface area contributed by atoms with Crippen LogP contribution in [0.2, 0.25) is 0 Å². The summed E-state index contributed by atoms with van der Waals surface area (Å²) in [6, 6.07) is 0.652. The monoisotopic (exact) mass is 227 g/mol. The van der Waals surface area contributed by atoms with Gasteiger partial charge in [-0.2, -0.15) is 0 Å². The van der Waals surface area contributed by atoms with Gasteiger partial charge in [-0.1, -0.05) is 32.6 Å². The fraction of sp³-hybridized carbons (Fsp3) is 0.923. The molecule has 0 spiro atoms. The first kappa shape index (κ1) is 13.5. The predicted octanol–water partition coefficient (Wildman–Crippen LogP) is 2.90. The molecule has 0 bridgehead atoms. The molecule has 0 aliphatic heterocycles. The molecule has 3 nitrogen and oxygen atoms in total. The molecule has 3 heteroatoms. The molecular formula is C13H25NO2. The van der Waals surface area contributed by atoms with Gasteiger partial charge in [0.2, 0.25) is 0 Å². The predicted molar refractivity (Wildman–Crippen MR) is 65.6 cm³/mol. The minimum atomic E-state index is -0.669. The van der Waals surface area contributed by atoms with Crippen molar-refractivity contribution in [2.24, 2.45) is 0 Å². The van der Waals surface area contributed by atoms with E-state index in [0.29, 0.717) is 12.5 Å². The van der Waals surface area contributed by atoms with Crippen molar-refractivity contribution in [1.29, 1.82) is 0 Å². The maximum absolute atomic E-state index is 10.6. The fourth-order valence-corrected chi connectivity index (χ4v) is 2.52. The summed E-state index contributed by atoms with van der Waals surface area (Å²) in [5, 5.41) is 8.76. The molecule has 0 saturated heterocycles. The van der Waals surface area contributed by atoms with Crippen molar-refractivity contribution in [2.45, 2.75) is 64.3 Å². The third kappa shape index (κ3) is 4.97. The van der Waals surface area contributed by atoms with Gasteiger partial charge in [-0.05, 0) is 25.8 Å².